The van der Waals surface area contributed by atoms with Crippen LogP contribution in [0.25, 0.3) is 0 Å². The molecular formula is C18H30Cl2FN3. The van der Waals surface area contributed by atoms with E-state index in [9.17, 15) is 4.39 Å². The average molecular weight is 378 g/mol. The number of piperidine rings is 1. The molecule has 1 aliphatic carbocycles. The van der Waals surface area contributed by atoms with Gasteiger partial charge in [0.05, 0.1) is 0 Å². The van der Waals surface area contributed by atoms with E-state index < -0.39 is 0 Å². The second-order valence-electron chi connectivity index (χ2n) is 6.97. The first-order valence-electron chi connectivity index (χ1n) is 8.64. The van der Waals surface area contributed by atoms with Crippen molar-refractivity contribution in [2.45, 2.75) is 63.6 Å². The second kappa shape index (κ2) is 9.81. The van der Waals surface area contributed by atoms with Gasteiger partial charge in [0.15, 0.2) is 0 Å². The fourth-order valence-electron chi connectivity index (χ4n) is 3.88. The van der Waals surface area contributed by atoms with E-state index in [1.54, 1.807) is 12.1 Å². The predicted octanol–water partition coefficient (Wildman–Crippen LogP) is 3.81. The monoisotopic (exact) mass is 377 g/mol. The zero-order valence-electron chi connectivity index (χ0n) is 14.3. The van der Waals surface area contributed by atoms with Gasteiger partial charge in [-0.05, 0) is 69.2 Å². The molecule has 3 rings (SSSR count). The summed E-state index contributed by atoms with van der Waals surface area (Å²) in [5.41, 5.74) is 8.20. The Balaban J connectivity index is 0.00000144. The molecule has 0 spiro atoms. The summed E-state index contributed by atoms with van der Waals surface area (Å²) in [6.07, 6.45) is 7.09. The summed E-state index contributed by atoms with van der Waals surface area (Å²) < 4.78 is 13.2. The number of hydrogen-bond donors (Lipinski definition) is 2. The van der Waals surface area contributed by atoms with Crippen molar-refractivity contribution in [3.05, 3.63) is 29.6 Å². The van der Waals surface area contributed by atoms with Crippen LogP contribution in [0.1, 0.15) is 44.1 Å². The van der Waals surface area contributed by atoms with Crippen LogP contribution in [0.4, 0.5) is 10.1 Å². The van der Waals surface area contributed by atoms with Gasteiger partial charge in [-0.15, -0.1) is 24.8 Å². The first-order valence-corrected chi connectivity index (χ1v) is 8.64. The zero-order chi connectivity index (χ0) is 15.5. The number of benzene rings is 1. The summed E-state index contributed by atoms with van der Waals surface area (Å²) in [6, 6.07) is 6.81. The van der Waals surface area contributed by atoms with Crippen molar-refractivity contribution in [3.8, 4) is 0 Å². The Hall–Kier alpha value is -0.550. The van der Waals surface area contributed by atoms with Gasteiger partial charge >= 0.3 is 0 Å². The van der Waals surface area contributed by atoms with Gasteiger partial charge in [-0.1, -0.05) is 0 Å². The minimum Gasteiger partial charge on any atom is -0.371 e. The van der Waals surface area contributed by atoms with Crippen LogP contribution < -0.4 is 16.0 Å². The van der Waals surface area contributed by atoms with Crippen molar-refractivity contribution in [2.75, 3.05) is 18.0 Å². The highest BCUT2D eigenvalue weighted by Crippen LogP contribution is 2.25. The SMILES string of the molecule is Cc1cc(F)ccc1N1CCC(NC2CCC(N)CC2)CC1.Cl.Cl. The molecule has 0 unspecified atom stereocenters. The van der Waals surface area contributed by atoms with E-state index >= 15 is 0 Å². The average Bonchev–Trinajstić information content (AvgIpc) is 2.51. The molecule has 24 heavy (non-hydrogen) atoms. The molecule has 0 atom stereocenters. The number of anilines is 1. The summed E-state index contributed by atoms with van der Waals surface area (Å²) in [4.78, 5) is 2.39. The molecule has 1 aromatic rings. The largest absolute Gasteiger partial charge is 0.371 e. The van der Waals surface area contributed by atoms with Gasteiger partial charge in [0.1, 0.15) is 5.82 Å². The maximum atomic E-state index is 13.2. The summed E-state index contributed by atoms with van der Waals surface area (Å²) in [7, 11) is 0. The summed E-state index contributed by atoms with van der Waals surface area (Å²) in [6.45, 7) is 4.10. The van der Waals surface area contributed by atoms with Crippen molar-refractivity contribution in [1.82, 2.24) is 5.32 Å². The Bertz CT molecular complexity index is 499. The molecule has 3 N–H and O–H groups in total. The third-order valence-electron chi connectivity index (χ3n) is 5.24. The van der Waals surface area contributed by atoms with Gasteiger partial charge in [-0.2, -0.15) is 0 Å². The van der Waals surface area contributed by atoms with Crippen LogP contribution in [0.5, 0.6) is 0 Å². The molecule has 0 bridgehead atoms. The molecule has 6 heteroatoms. The lowest BCUT2D eigenvalue weighted by molar-refractivity contribution is 0.292. The van der Waals surface area contributed by atoms with Crippen LogP contribution in [0.3, 0.4) is 0 Å². The Labute approximate surface area is 157 Å². The third kappa shape index (κ3) is 5.48. The molecule has 3 nitrogen and oxygen atoms in total. The van der Waals surface area contributed by atoms with E-state index in [1.807, 2.05) is 13.0 Å². The quantitative estimate of drug-likeness (QED) is 0.841. The van der Waals surface area contributed by atoms with Gasteiger partial charge in [-0.3, -0.25) is 0 Å². The zero-order valence-corrected chi connectivity index (χ0v) is 16.0. The predicted molar refractivity (Wildman–Crippen MR) is 104 cm³/mol. The number of halogens is 3. The van der Waals surface area contributed by atoms with Crippen LogP contribution in [0.2, 0.25) is 0 Å². The van der Waals surface area contributed by atoms with Crippen LogP contribution in [-0.4, -0.2) is 31.2 Å². The van der Waals surface area contributed by atoms with Crippen LogP contribution in [-0.2, 0) is 0 Å². The molecule has 0 radical (unpaired) electrons. The van der Waals surface area contributed by atoms with E-state index in [4.69, 9.17) is 5.73 Å². The minimum absolute atomic E-state index is 0. The molecule has 138 valence electrons. The van der Waals surface area contributed by atoms with Crippen molar-refractivity contribution >= 4 is 30.5 Å². The van der Waals surface area contributed by atoms with E-state index in [0.717, 1.165) is 31.5 Å². The van der Waals surface area contributed by atoms with Crippen molar-refractivity contribution in [3.63, 3.8) is 0 Å². The van der Waals surface area contributed by atoms with Crippen LogP contribution >= 0.6 is 24.8 Å². The van der Waals surface area contributed by atoms with E-state index in [0.29, 0.717) is 18.1 Å². The number of hydrogen-bond acceptors (Lipinski definition) is 3. The fraction of sp³-hybridized carbons (Fsp3) is 0.667. The molecular weight excluding hydrogens is 348 g/mol. The highest BCUT2D eigenvalue weighted by atomic mass is 35.5. The number of aryl methyl sites for hydroxylation is 1. The standard InChI is InChI=1S/C18H28FN3.2ClH/c1-13-12-14(19)2-7-18(13)22-10-8-17(9-11-22)21-16-5-3-15(20)4-6-16;;/h2,7,12,15-17,21H,3-6,8-11,20H2,1H3;2*1H. The first kappa shape index (κ1) is 21.5. The Kier molecular flexibility index (Phi) is 8.78. The van der Waals surface area contributed by atoms with Crippen LogP contribution in [0, 0.1) is 12.7 Å². The van der Waals surface area contributed by atoms with Gasteiger partial charge in [0.2, 0.25) is 0 Å². The smallest absolute Gasteiger partial charge is 0.123 e. The molecule has 0 amide bonds. The first-order chi connectivity index (χ1) is 10.6. The van der Waals surface area contributed by atoms with E-state index in [-0.39, 0.29) is 30.6 Å². The second-order valence-corrected chi connectivity index (χ2v) is 6.97. The molecule has 1 heterocycles. The number of nitrogens with zero attached hydrogens (tertiary/aromatic N) is 1. The summed E-state index contributed by atoms with van der Waals surface area (Å²) >= 11 is 0. The molecule has 0 aromatic heterocycles. The van der Waals surface area contributed by atoms with Crippen molar-refractivity contribution < 1.29 is 4.39 Å². The van der Waals surface area contributed by atoms with Crippen molar-refractivity contribution in [1.29, 1.82) is 0 Å². The van der Waals surface area contributed by atoms with Gasteiger partial charge in [0.25, 0.3) is 0 Å². The van der Waals surface area contributed by atoms with Crippen molar-refractivity contribution in [2.24, 2.45) is 5.73 Å². The Morgan fingerprint density at radius 3 is 2.17 bits per heavy atom. The number of rotatable bonds is 3. The summed E-state index contributed by atoms with van der Waals surface area (Å²) in [5.74, 6) is -0.145. The van der Waals surface area contributed by atoms with E-state index in [2.05, 4.69) is 10.2 Å². The maximum absolute atomic E-state index is 13.2. The normalized spacial score (nSPS) is 24.9. The molecule has 2 aliphatic rings. The van der Waals surface area contributed by atoms with Gasteiger partial charge < -0.3 is 16.0 Å². The lowest BCUT2D eigenvalue weighted by Gasteiger charge is -2.37. The Morgan fingerprint density at radius 1 is 1.00 bits per heavy atom. The van der Waals surface area contributed by atoms with Gasteiger partial charge in [-0.25, -0.2) is 4.39 Å². The Morgan fingerprint density at radius 2 is 1.58 bits per heavy atom. The molecule has 1 aromatic carbocycles. The molecule has 1 saturated heterocycles. The van der Waals surface area contributed by atoms with Crippen LogP contribution in [0.15, 0.2) is 18.2 Å². The highest BCUT2D eigenvalue weighted by molar-refractivity contribution is 5.85. The van der Waals surface area contributed by atoms with E-state index in [1.165, 1.54) is 31.4 Å². The minimum atomic E-state index is -0.145. The lowest BCUT2D eigenvalue weighted by Crippen LogP contribution is -2.48. The fourth-order valence-corrected chi connectivity index (χ4v) is 3.88. The summed E-state index contributed by atoms with van der Waals surface area (Å²) in [5, 5.41) is 3.83. The van der Waals surface area contributed by atoms with Gasteiger partial charge in [0, 0.05) is 36.9 Å². The maximum Gasteiger partial charge on any atom is 0.123 e. The molecule has 1 aliphatic heterocycles. The third-order valence-corrected chi connectivity index (χ3v) is 5.24. The lowest BCUT2D eigenvalue weighted by atomic mass is 9.90. The topological polar surface area (TPSA) is 41.3 Å². The number of nitrogens with one attached hydrogen (secondary N) is 1. The highest BCUT2D eigenvalue weighted by Gasteiger charge is 2.25. The number of nitrogens with two attached hydrogens (primary N) is 1. The molecule has 1 saturated carbocycles. The molecule has 2 fully saturated rings.